The summed E-state index contributed by atoms with van der Waals surface area (Å²) in [4.78, 5) is 23.9. The number of rotatable bonds is 9. The van der Waals surface area contributed by atoms with E-state index in [1.54, 1.807) is 13.2 Å². The van der Waals surface area contributed by atoms with Gasteiger partial charge in [-0.25, -0.2) is 0 Å². The van der Waals surface area contributed by atoms with Crippen molar-refractivity contribution in [1.82, 2.24) is 0 Å². The second-order valence-corrected chi connectivity index (χ2v) is 6.16. The highest BCUT2D eigenvalue weighted by molar-refractivity contribution is 7.20. The molecule has 0 atom stereocenters. The topological polar surface area (TPSA) is 82.1 Å². The van der Waals surface area contributed by atoms with E-state index in [2.05, 4.69) is 4.74 Å². The fraction of sp³-hybridized carbons (Fsp3) is 0.412. The molecule has 2 aromatic rings. The lowest BCUT2D eigenvalue weighted by Crippen LogP contribution is -2.04. The number of esters is 1. The predicted molar refractivity (Wildman–Crippen MR) is 91.2 cm³/mol. The Morgan fingerprint density at radius 2 is 1.92 bits per heavy atom. The summed E-state index contributed by atoms with van der Waals surface area (Å²) >= 11 is 1.35. The zero-order valence-electron chi connectivity index (χ0n) is 13.7. The van der Waals surface area contributed by atoms with Crippen LogP contribution in [0.3, 0.4) is 0 Å². The Labute approximate surface area is 143 Å². The van der Waals surface area contributed by atoms with Gasteiger partial charge in [0.15, 0.2) is 17.3 Å². The van der Waals surface area contributed by atoms with Crippen LogP contribution in [0.1, 0.15) is 28.9 Å². The van der Waals surface area contributed by atoms with Crippen molar-refractivity contribution in [2.45, 2.75) is 19.3 Å². The molecule has 7 heteroatoms. The van der Waals surface area contributed by atoms with Crippen molar-refractivity contribution in [3.05, 3.63) is 23.1 Å². The van der Waals surface area contributed by atoms with Crippen LogP contribution in [0.15, 0.2) is 18.2 Å². The van der Waals surface area contributed by atoms with E-state index in [4.69, 9.17) is 14.6 Å². The van der Waals surface area contributed by atoms with Crippen LogP contribution in [0.5, 0.6) is 11.5 Å². The summed E-state index contributed by atoms with van der Waals surface area (Å²) < 4.78 is 16.4. The average Bonchev–Trinajstić information content (AvgIpc) is 3.01. The minimum atomic E-state index is -0.398. The molecule has 0 spiro atoms. The van der Waals surface area contributed by atoms with Crippen molar-refractivity contribution in [3.8, 4) is 11.5 Å². The van der Waals surface area contributed by atoms with E-state index < -0.39 is 5.97 Å². The largest absolute Gasteiger partial charge is 0.493 e. The predicted octanol–water partition coefficient (Wildman–Crippen LogP) is 2.81. The van der Waals surface area contributed by atoms with Gasteiger partial charge in [-0.05, 0) is 17.5 Å². The number of carbonyl (C=O) groups excluding carboxylic acids is 2. The number of thiophene rings is 1. The number of aliphatic hydroxyl groups is 1. The molecule has 0 amide bonds. The highest BCUT2D eigenvalue weighted by Crippen LogP contribution is 2.37. The number of fused-ring (bicyclic) bond motifs is 1. The van der Waals surface area contributed by atoms with Crippen LogP contribution in [0.2, 0.25) is 0 Å². The van der Waals surface area contributed by atoms with E-state index in [0.29, 0.717) is 29.4 Å². The van der Waals surface area contributed by atoms with E-state index in [9.17, 15) is 9.59 Å². The van der Waals surface area contributed by atoms with Crippen molar-refractivity contribution in [3.63, 3.8) is 0 Å². The highest BCUT2D eigenvalue weighted by atomic mass is 32.1. The number of methoxy groups -OCH3 is 2. The molecule has 130 valence electrons. The van der Waals surface area contributed by atoms with Gasteiger partial charge in [-0.3, -0.25) is 9.59 Å². The third-order valence-corrected chi connectivity index (χ3v) is 4.56. The molecule has 0 saturated carbocycles. The number of Topliss-reactive ketones (excluding diaryl/α,β-unsaturated/α-hetero) is 1. The monoisotopic (exact) mass is 352 g/mol. The second-order valence-electron chi connectivity index (χ2n) is 5.08. The third kappa shape index (κ3) is 4.46. The number of hydrogen-bond acceptors (Lipinski definition) is 7. The van der Waals surface area contributed by atoms with Gasteiger partial charge in [0.2, 0.25) is 0 Å². The van der Waals surface area contributed by atoms with Crippen molar-refractivity contribution >= 4 is 33.2 Å². The molecule has 24 heavy (non-hydrogen) atoms. The van der Waals surface area contributed by atoms with Crippen LogP contribution in [-0.4, -0.2) is 44.3 Å². The van der Waals surface area contributed by atoms with E-state index >= 15 is 0 Å². The molecule has 0 aliphatic carbocycles. The standard InChI is InChI=1S/C17H20O6S/c1-21-13-8-11-9-16(12(19)4-5-17(20)22-2)24-15(11)10-14(13)23-7-3-6-18/h8-10,18H,3-7H2,1-2H3. The van der Waals surface area contributed by atoms with Gasteiger partial charge in [0, 0.05) is 30.2 Å². The molecule has 1 N–H and O–H groups in total. The maximum atomic E-state index is 12.2. The van der Waals surface area contributed by atoms with Gasteiger partial charge in [-0.1, -0.05) is 0 Å². The molecular weight excluding hydrogens is 332 g/mol. The van der Waals surface area contributed by atoms with Gasteiger partial charge in [0.1, 0.15) is 0 Å². The molecule has 1 aromatic heterocycles. The lowest BCUT2D eigenvalue weighted by Gasteiger charge is -2.10. The van der Waals surface area contributed by atoms with Crippen LogP contribution in [0.4, 0.5) is 0 Å². The van der Waals surface area contributed by atoms with Gasteiger partial charge in [-0.2, -0.15) is 0 Å². The first-order chi connectivity index (χ1) is 11.6. The molecule has 0 unspecified atom stereocenters. The van der Waals surface area contributed by atoms with Crippen LogP contribution >= 0.6 is 11.3 Å². The fourth-order valence-corrected chi connectivity index (χ4v) is 3.19. The van der Waals surface area contributed by atoms with E-state index in [1.165, 1.54) is 18.4 Å². The fourth-order valence-electron chi connectivity index (χ4n) is 2.14. The molecule has 0 aliphatic heterocycles. The Morgan fingerprint density at radius 3 is 2.58 bits per heavy atom. The minimum Gasteiger partial charge on any atom is -0.493 e. The summed E-state index contributed by atoms with van der Waals surface area (Å²) in [5.41, 5.74) is 0. The van der Waals surface area contributed by atoms with E-state index in [0.717, 1.165) is 10.1 Å². The van der Waals surface area contributed by atoms with Gasteiger partial charge >= 0.3 is 5.97 Å². The molecule has 0 saturated heterocycles. The Hall–Kier alpha value is -2.12. The summed E-state index contributed by atoms with van der Waals surface area (Å²) in [6.45, 7) is 0.442. The zero-order chi connectivity index (χ0) is 17.5. The maximum absolute atomic E-state index is 12.2. The number of benzene rings is 1. The molecule has 0 fully saturated rings. The molecular formula is C17H20O6S. The number of ketones is 1. The number of aliphatic hydroxyl groups excluding tert-OH is 1. The van der Waals surface area contributed by atoms with Crippen molar-refractivity contribution in [2.75, 3.05) is 27.4 Å². The highest BCUT2D eigenvalue weighted by Gasteiger charge is 2.15. The van der Waals surface area contributed by atoms with Crippen LogP contribution in [-0.2, 0) is 9.53 Å². The number of ether oxygens (including phenoxy) is 3. The molecule has 0 bridgehead atoms. The summed E-state index contributed by atoms with van der Waals surface area (Å²) in [7, 11) is 2.85. The molecule has 1 aromatic carbocycles. The molecule has 6 nitrogen and oxygen atoms in total. The van der Waals surface area contributed by atoms with Gasteiger partial charge in [0.25, 0.3) is 0 Å². The second kappa shape index (κ2) is 8.65. The van der Waals surface area contributed by atoms with Crippen molar-refractivity contribution in [1.29, 1.82) is 0 Å². The van der Waals surface area contributed by atoms with Crippen molar-refractivity contribution < 1.29 is 28.9 Å². The Balaban J connectivity index is 2.20. The summed E-state index contributed by atoms with van der Waals surface area (Å²) in [5.74, 6) is 0.662. The lowest BCUT2D eigenvalue weighted by molar-refractivity contribution is -0.140. The lowest BCUT2D eigenvalue weighted by atomic mass is 10.1. The quantitative estimate of drug-likeness (QED) is 0.424. The Morgan fingerprint density at radius 1 is 1.12 bits per heavy atom. The molecule has 2 rings (SSSR count). The van der Waals surface area contributed by atoms with Crippen LogP contribution < -0.4 is 9.47 Å². The smallest absolute Gasteiger partial charge is 0.305 e. The van der Waals surface area contributed by atoms with Gasteiger partial charge in [-0.15, -0.1) is 11.3 Å². The minimum absolute atomic E-state index is 0.0579. The third-order valence-electron chi connectivity index (χ3n) is 3.42. The van der Waals surface area contributed by atoms with Crippen molar-refractivity contribution in [2.24, 2.45) is 0 Å². The zero-order valence-corrected chi connectivity index (χ0v) is 14.5. The molecule has 0 radical (unpaired) electrons. The normalized spacial score (nSPS) is 10.6. The first-order valence-electron chi connectivity index (χ1n) is 7.54. The SMILES string of the molecule is COC(=O)CCC(=O)c1cc2cc(OC)c(OCCCO)cc2s1. The van der Waals surface area contributed by atoms with E-state index in [-0.39, 0.29) is 25.2 Å². The molecule has 0 aliphatic rings. The summed E-state index contributed by atoms with van der Waals surface area (Å²) in [6.07, 6.45) is 0.724. The first kappa shape index (κ1) is 18.2. The summed E-state index contributed by atoms with van der Waals surface area (Å²) in [5, 5.41) is 9.72. The number of hydrogen-bond donors (Lipinski definition) is 1. The van der Waals surface area contributed by atoms with E-state index in [1.807, 2.05) is 12.1 Å². The maximum Gasteiger partial charge on any atom is 0.305 e. The first-order valence-corrected chi connectivity index (χ1v) is 8.36. The summed E-state index contributed by atoms with van der Waals surface area (Å²) in [6, 6.07) is 5.43. The van der Waals surface area contributed by atoms with Gasteiger partial charge < -0.3 is 19.3 Å². The Bertz CT molecular complexity index is 721. The Kier molecular flexibility index (Phi) is 6.57. The average molecular weight is 352 g/mol. The van der Waals surface area contributed by atoms with Gasteiger partial charge in [0.05, 0.1) is 32.1 Å². The molecule has 1 heterocycles. The van der Waals surface area contributed by atoms with Crippen LogP contribution in [0.25, 0.3) is 10.1 Å². The number of carbonyl (C=O) groups is 2. The van der Waals surface area contributed by atoms with Crippen LogP contribution in [0, 0.1) is 0 Å².